The van der Waals surface area contributed by atoms with Crippen molar-refractivity contribution in [3.63, 3.8) is 0 Å². The molecule has 1 aliphatic heterocycles. The highest BCUT2D eigenvalue weighted by Gasteiger charge is 2.34. The first-order valence-corrected chi connectivity index (χ1v) is 18.1. The lowest BCUT2D eigenvalue weighted by atomic mass is 9.98. The van der Waals surface area contributed by atoms with E-state index in [0.717, 1.165) is 22.7 Å². The summed E-state index contributed by atoms with van der Waals surface area (Å²) in [6.07, 6.45) is 5.23. The molecule has 0 radical (unpaired) electrons. The number of hydrogen-bond acceptors (Lipinski definition) is 7. The number of amides is 2. The largest absolute Gasteiger partial charge is 0.443 e. The maximum Gasteiger partial charge on any atom is 0.414 e. The summed E-state index contributed by atoms with van der Waals surface area (Å²) in [5, 5.41) is 3.61. The lowest BCUT2D eigenvalue weighted by molar-refractivity contribution is -0.118. The Bertz CT molecular complexity index is 2220. The highest BCUT2D eigenvalue weighted by molar-refractivity contribution is 7.98. The SMILES string of the molecule is Cc1ccc(Sn2ccc3c(-c4cc5c(cc4Nc4ncc(F)cc4F)N(C(=O)CCCCCl)CCN5C(=O)OC(C)(C)C)cn(C)c(=O)c32)cc1. The number of benzene rings is 2. The second-order valence-corrected chi connectivity index (χ2v) is 15.0. The van der Waals surface area contributed by atoms with Crippen LogP contribution in [-0.2, 0) is 16.6 Å². The van der Waals surface area contributed by atoms with Crippen LogP contribution in [0.2, 0.25) is 0 Å². The van der Waals surface area contributed by atoms with Crippen LogP contribution in [0.1, 0.15) is 45.6 Å². The van der Waals surface area contributed by atoms with Crippen molar-refractivity contribution in [3.05, 3.63) is 94.7 Å². The van der Waals surface area contributed by atoms with Gasteiger partial charge in [0.25, 0.3) is 5.56 Å². The first-order chi connectivity index (χ1) is 24.7. The van der Waals surface area contributed by atoms with Gasteiger partial charge in [0.2, 0.25) is 5.91 Å². The Morgan fingerprint density at radius 1 is 1.00 bits per heavy atom. The summed E-state index contributed by atoms with van der Waals surface area (Å²) in [5.74, 6) is -1.78. The van der Waals surface area contributed by atoms with Gasteiger partial charge in [0.05, 0.1) is 17.6 Å². The fraction of sp³-hybridized carbons (Fsp3) is 0.316. The minimum atomic E-state index is -0.931. The molecular weight excluding hydrogens is 710 g/mol. The Morgan fingerprint density at radius 2 is 1.71 bits per heavy atom. The van der Waals surface area contributed by atoms with Crippen LogP contribution in [0, 0.1) is 18.6 Å². The topological polar surface area (TPSA) is 102 Å². The lowest BCUT2D eigenvalue weighted by Crippen LogP contribution is -2.48. The number of hydrogen-bond donors (Lipinski definition) is 1. The minimum absolute atomic E-state index is 0.149. The third kappa shape index (κ3) is 7.80. The quantitative estimate of drug-likeness (QED) is 0.119. The summed E-state index contributed by atoms with van der Waals surface area (Å²) in [7, 11) is 1.64. The Hall–Kier alpha value is -4.88. The van der Waals surface area contributed by atoms with Crippen molar-refractivity contribution >= 4 is 69.3 Å². The zero-order chi connectivity index (χ0) is 37.3. The van der Waals surface area contributed by atoms with Crippen molar-refractivity contribution in [2.75, 3.05) is 34.1 Å². The molecule has 6 rings (SSSR count). The number of anilines is 4. The highest BCUT2D eigenvalue weighted by atomic mass is 35.5. The second-order valence-electron chi connectivity index (χ2n) is 13.6. The van der Waals surface area contributed by atoms with E-state index in [2.05, 4.69) is 10.3 Å². The van der Waals surface area contributed by atoms with Crippen LogP contribution < -0.4 is 20.7 Å². The van der Waals surface area contributed by atoms with Crippen LogP contribution in [0.4, 0.5) is 36.5 Å². The molecule has 0 spiro atoms. The molecule has 52 heavy (non-hydrogen) atoms. The Morgan fingerprint density at radius 3 is 2.40 bits per heavy atom. The number of nitrogens with zero attached hydrogens (tertiary/aromatic N) is 5. The van der Waals surface area contributed by atoms with Gasteiger partial charge in [-0.05, 0) is 82.8 Å². The van der Waals surface area contributed by atoms with Crippen molar-refractivity contribution in [2.24, 2.45) is 7.05 Å². The van der Waals surface area contributed by atoms with Gasteiger partial charge in [-0.2, -0.15) is 0 Å². The summed E-state index contributed by atoms with van der Waals surface area (Å²) < 4.78 is 38.1. The summed E-state index contributed by atoms with van der Waals surface area (Å²) in [4.78, 5) is 49.0. The molecule has 0 atom stereocenters. The van der Waals surface area contributed by atoms with E-state index in [1.165, 1.54) is 21.4 Å². The van der Waals surface area contributed by atoms with Gasteiger partial charge in [-0.1, -0.05) is 17.7 Å². The van der Waals surface area contributed by atoms with E-state index in [0.29, 0.717) is 57.8 Å². The van der Waals surface area contributed by atoms with E-state index in [-0.39, 0.29) is 36.8 Å². The normalized spacial score (nSPS) is 13.0. The molecule has 5 aromatic rings. The van der Waals surface area contributed by atoms with E-state index in [4.69, 9.17) is 16.3 Å². The van der Waals surface area contributed by atoms with E-state index >= 15 is 4.39 Å². The third-order valence-electron chi connectivity index (χ3n) is 8.50. The van der Waals surface area contributed by atoms with Crippen LogP contribution in [0.3, 0.4) is 0 Å². The monoisotopic (exact) mass is 748 g/mol. The molecule has 2 aromatic carbocycles. The number of carbonyl (C=O) groups is 2. The molecule has 14 heteroatoms. The number of ether oxygens (including phenoxy) is 1. The molecule has 0 bridgehead atoms. The van der Waals surface area contributed by atoms with Gasteiger partial charge >= 0.3 is 6.09 Å². The number of carbonyl (C=O) groups excluding carboxylic acids is 2. The van der Waals surface area contributed by atoms with Gasteiger partial charge in [-0.3, -0.25) is 18.5 Å². The van der Waals surface area contributed by atoms with E-state index in [9.17, 15) is 18.8 Å². The molecule has 0 fully saturated rings. The Kier molecular flexibility index (Phi) is 10.6. The number of pyridine rings is 2. The first kappa shape index (κ1) is 36.9. The fourth-order valence-electron chi connectivity index (χ4n) is 6.02. The molecular formula is C38H39ClF2N6O4S. The molecule has 0 saturated heterocycles. The second kappa shape index (κ2) is 15.0. The van der Waals surface area contributed by atoms with Gasteiger partial charge in [0.1, 0.15) is 16.9 Å². The summed E-state index contributed by atoms with van der Waals surface area (Å²) in [6, 6.07) is 13.9. The van der Waals surface area contributed by atoms with E-state index in [1.807, 2.05) is 37.3 Å². The van der Waals surface area contributed by atoms with Gasteiger partial charge < -0.3 is 19.5 Å². The molecule has 272 valence electrons. The zero-order valence-corrected chi connectivity index (χ0v) is 31.1. The number of halogens is 3. The molecule has 0 saturated carbocycles. The smallest absolute Gasteiger partial charge is 0.414 e. The van der Waals surface area contributed by atoms with Crippen molar-refractivity contribution in [1.82, 2.24) is 13.5 Å². The van der Waals surface area contributed by atoms with Gasteiger partial charge in [-0.25, -0.2) is 18.6 Å². The zero-order valence-electron chi connectivity index (χ0n) is 29.5. The highest BCUT2D eigenvalue weighted by Crippen LogP contribution is 2.45. The van der Waals surface area contributed by atoms with Crippen LogP contribution in [0.15, 0.2) is 76.8 Å². The van der Waals surface area contributed by atoms with Crippen LogP contribution >= 0.6 is 23.5 Å². The number of aryl methyl sites for hydroxylation is 2. The Labute approximate surface area is 309 Å². The molecule has 10 nitrogen and oxygen atoms in total. The number of alkyl halides is 1. The van der Waals surface area contributed by atoms with Gasteiger partial charge in [-0.15, -0.1) is 11.6 Å². The number of unbranched alkanes of at least 4 members (excludes halogenated alkanes) is 1. The maximum atomic E-state index is 15.2. The summed E-state index contributed by atoms with van der Waals surface area (Å²) >= 11 is 7.27. The van der Waals surface area contributed by atoms with Crippen molar-refractivity contribution in [3.8, 4) is 11.1 Å². The average Bonchev–Trinajstić information content (AvgIpc) is 3.50. The maximum absolute atomic E-state index is 15.2. The predicted octanol–water partition coefficient (Wildman–Crippen LogP) is 8.78. The number of fused-ring (bicyclic) bond motifs is 2. The summed E-state index contributed by atoms with van der Waals surface area (Å²) in [6.45, 7) is 7.63. The Balaban J connectivity index is 1.58. The number of rotatable bonds is 9. The van der Waals surface area contributed by atoms with E-state index in [1.54, 1.807) is 61.2 Å². The van der Waals surface area contributed by atoms with Crippen LogP contribution in [-0.4, -0.2) is 50.1 Å². The molecule has 0 aliphatic carbocycles. The summed E-state index contributed by atoms with van der Waals surface area (Å²) in [5.41, 5.74) is 2.58. The molecule has 3 aromatic heterocycles. The number of nitrogens with one attached hydrogen (secondary N) is 1. The average molecular weight is 749 g/mol. The standard InChI is InChI=1S/C38H39ClF2N6O4S/c1-23-9-11-25(12-10-23)52-47-15-13-26-28(22-44(5)36(49)34(26)47)27-19-31-32(20-30(27)43-35-29(41)18-24(40)21-42-35)45(33(48)8-6-7-14-39)16-17-46(31)37(50)51-38(2,3)4/h9-13,15,18-22H,6-8,14,16-17H2,1-5H3,(H,42,43). The van der Waals surface area contributed by atoms with Crippen molar-refractivity contribution < 1.29 is 23.1 Å². The van der Waals surface area contributed by atoms with E-state index < -0.39 is 23.3 Å². The van der Waals surface area contributed by atoms with Crippen LogP contribution in [0.5, 0.6) is 0 Å². The van der Waals surface area contributed by atoms with Gasteiger partial charge in [0, 0.05) is 78.0 Å². The lowest BCUT2D eigenvalue weighted by Gasteiger charge is -2.38. The van der Waals surface area contributed by atoms with Crippen LogP contribution in [0.25, 0.3) is 22.0 Å². The van der Waals surface area contributed by atoms with Crippen molar-refractivity contribution in [1.29, 1.82) is 0 Å². The predicted molar refractivity (Wildman–Crippen MR) is 203 cm³/mol. The molecule has 2 amide bonds. The van der Waals surface area contributed by atoms with Gasteiger partial charge in [0.15, 0.2) is 11.6 Å². The third-order valence-corrected chi connectivity index (χ3v) is 9.75. The molecule has 0 unspecified atom stereocenters. The number of aromatic nitrogens is 3. The molecule has 1 aliphatic rings. The van der Waals surface area contributed by atoms with Crippen molar-refractivity contribution in [2.45, 2.75) is 57.5 Å². The minimum Gasteiger partial charge on any atom is -0.443 e. The first-order valence-electron chi connectivity index (χ1n) is 16.8. The fourth-order valence-corrected chi connectivity index (χ4v) is 7.08. The molecule has 4 heterocycles. The molecule has 1 N–H and O–H groups in total.